The van der Waals surface area contributed by atoms with Gasteiger partial charge in [0.1, 0.15) is 11.3 Å². The molecule has 0 atom stereocenters. The van der Waals surface area contributed by atoms with Crippen LogP contribution in [0.4, 0.5) is 0 Å². The van der Waals surface area contributed by atoms with Crippen LogP contribution in [-0.2, 0) is 13.1 Å². The Hall–Kier alpha value is -2.87. The van der Waals surface area contributed by atoms with Gasteiger partial charge in [-0.1, -0.05) is 25.5 Å². The van der Waals surface area contributed by atoms with Crippen LogP contribution in [0, 0.1) is 0 Å². The van der Waals surface area contributed by atoms with E-state index in [1.165, 1.54) is 4.57 Å². The van der Waals surface area contributed by atoms with Crippen LogP contribution in [0.2, 0.25) is 0 Å². The molecular weight excluding hydrogens is 348 g/mol. The van der Waals surface area contributed by atoms with Gasteiger partial charge in [0.05, 0.1) is 39.6 Å². The lowest BCUT2D eigenvalue weighted by molar-refractivity contribution is 0.275. The fourth-order valence-corrected chi connectivity index (χ4v) is 2.83. The van der Waals surface area contributed by atoms with Crippen LogP contribution in [0.3, 0.4) is 0 Å². The maximum atomic E-state index is 12.9. The van der Waals surface area contributed by atoms with E-state index in [0.29, 0.717) is 24.3 Å². The van der Waals surface area contributed by atoms with Crippen molar-refractivity contribution in [2.75, 3.05) is 20.3 Å². The van der Waals surface area contributed by atoms with Crippen LogP contribution < -0.4 is 15.2 Å². The molecule has 0 radical (unpaired) electrons. The zero-order valence-corrected chi connectivity index (χ0v) is 15.6. The largest absolute Gasteiger partial charge is 0.497 e. The predicted octanol–water partition coefficient (Wildman–Crippen LogP) is 1.82. The molecule has 0 spiro atoms. The molecule has 1 N–H and O–H groups in total. The molecule has 2 aromatic heterocycles. The summed E-state index contributed by atoms with van der Waals surface area (Å²) in [5.41, 5.74) is 1.76. The lowest BCUT2D eigenvalue weighted by Gasteiger charge is -2.06. The smallest absolute Gasteiger partial charge is 0.330 e. The number of aromatic nitrogens is 4. The summed E-state index contributed by atoms with van der Waals surface area (Å²) in [4.78, 5) is 21.5. The lowest BCUT2D eigenvalue weighted by atomic mass is 10.2. The van der Waals surface area contributed by atoms with E-state index in [1.54, 1.807) is 17.9 Å². The molecule has 27 heavy (non-hydrogen) atoms. The third kappa shape index (κ3) is 4.11. The second-order valence-electron chi connectivity index (χ2n) is 6.16. The Kier molecular flexibility index (Phi) is 6.08. The quantitative estimate of drug-likeness (QED) is 0.576. The average Bonchev–Trinajstić information content (AvgIpc) is 2.94. The number of nitrogens with zero attached hydrogens (tertiary/aromatic N) is 4. The molecule has 1 aromatic carbocycles. The lowest BCUT2D eigenvalue weighted by Crippen LogP contribution is -2.25. The number of methoxy groups -OCH3 is 1. The van der Waals surface area contributed by atoms with Gasteiger partial charge in [-0.15, -0.1) is 0 Å². The van der Waals surface area contributed by atoms with Crippen molar-refractivity contribution in [1.29, 1.82) is 0 Å². The summed E-state index contributed by atoms with van der Waals surface area (Å²) in [5.74, 6) is 0.753. The number of hydrogen-bond acceptors (Lipinski definition) is 6. The fourth-order valence-electron chi connectivity index (χ4n) is 2.83. The molecule has 0 aliphatic rings. The van der Waals surface area contributed by atoms with Gasteiger partial charge in [-0.25, -0.2) is 9.78 Å². The number of aliphatic hydroxyl groups is 1. The van der Waals surface area contributed by atoms with Crippen molar-refractivity contribution in [3.63, 3.8) is 0 Å². The SMILES string of the molecule is CCCCOc1ncc2c(n1)n(Cc1ccc(OC)cc1)c(=O)n2CCO. The maximum Gasteiger partial charge on any atom is 0.330 e. The molecule has 144 valence electrons. The van der Waals surface area contributed by atoms with Gasteiger partial charge in [-0.05, 0) is 24.1 Å². The van der Waals surface area contributed by atoms with Crippen LogP contribution in [0.15, 0.2) is 35.3 Å². The van der Waals surface area contributed by atoms with E-state index in [1.807, 2.05) is 24.3 Å². The first-order valence-corrected chi connectivity index (χ1v) is 9.00. The number of aliphatic hydroxyl groups excluding tert-OH is 1. The van der Waals surface area contributed by atoms with Gasteiger partial charge in [-0.3, -0.25) is 9.13 Å². The highest BCUT2D eigenvalue weighted by molar-refractivity contribution is 5.71. The normalized spacial score (nSPS) is 11.1. The number of imidazole rings is 1. The van der Waals surface area contributed by atoms with Crippen molar-refractivity contribution in [2.24, 2.45) is 0 Å². The number of benzene rings is 1. The number of ether oxygens (including phenoxy) is 2. The second kappa shape index (κ2) is 8.68. The minimum Gasteiger partial charge on any atom is -0.497 e. The molecule has 0 bridgehead atoms. The molecular formula is C19H24N4O4. The molecule has 0 aliphatic heterocycles. The van der Waals surface area contributed by atoms with Gasteiger partial charge < -0.3 is 14.6 Å². The highest BCUT2D eigenvalue weighted by atomic mass is 16.5. The third-order valence-electron chi connectivity index (χ3n) is 4.29. The standard InChI is InChI=1S/C19H24N4O4/c1-3-4-11-27-18-20-12-16-17(21-18)23(19(25)22(16)9-10-24)13-14-5-7-15(26-2)8-6-14/h5-8,12,24H,3-4,9-11,13H2,1-2H3. The van der Waals surface area contributed by atoms with E-state index in [4.69, 9.17) is 9.47 Å². The molecule has 0 fully saturated rings. The maximum absolute atomic E-state index is 12.9. The third-order valence-corrected chi connectivity index (χ3v) is 4.29. The minimum absolute atomic E-state index is 0.143. The van der Waals surface area contributed by atoms with Crippen LogP contribution in [0.25, 0.3) is 11.2 Å². The van der Waals surface area contributed by atoms with Gasteiger partial charge in [-0.2, -0.15) is 4.98 Å². The monoisotopic (exact) mass is 372 g/mol. The Bertz CT molecular complexity index is 947. The summed E-state index contributed by atoms with van der Waals surface area (Å²) < 4.78 is 13.8. The van der Waals surface area contributed by atoms with Gasteiger partial charge in [0.15, 0.2) is 5.65 Å². The van der Waals surface area contributed by atoms with E-state index in [-0.39, 0.29) is 24.9 Å². The van der Waals surface area contributed by atoms with Gasteiger partial charge in [0.25, 0.3) is 0 Å². The molecule has 3 aromatic rings. The Morgan fingerprint density at radius 1 is 1.19 bits per heavy atom. The number of unbranched alkanes of at least 4 members (excludes halogenated alkanes) is 1. The van der Waals surface area contributed by atoms with Gasteiger partial charge >= 0.3 is 11.7 Å². The fraction of sp³-hybridized carbons (Fsp3) is 0.421. The summed E-state index contributed by atoms with van der Waals surface area (Å²) in [5, 5.41) is 9.31. The Morgan fingerprint density at radius 3 is 2.63 bits per heavy atom. The van der Waals surface area contributed by atoms with E-state index < -0.39 is 0 Å². The zero-order valence-electron chi connectivity index (χ0n) is 15.6. The number of rotatable bonds is 9. The van der Waals surface area contributed by atoms with Gasteiger partial charge in [0, 0.05) is 0 Å². The van der Waals surface area contributed by atoms with Crippen molar-refractivity contribution >= 4 is 11.2 Å². The average molecular weight is 372 g/mol. The van der Waals surface area contributed by atoms with Gasteiger partial charge in [0.2, 0.25) is 0 Å². The summed E-state index contributed by atoms with van der Waals surface area (Å²) in [6.07, 6.45) is 3.49. The first-order valence-electron chi connectivity index (χ1n) is 9.00. The minimum atomic E-state index is -0.241. The first kappa shape index (κ1) is 18.9. The molecule has 3 rings (SSSR count). The van der Waals surface area contributed by atoms with Crippen molar-refractivity contribution < 1.29 is 14.6 Å². The second-order valence-corrected chi connectivity index (χ2v) is 6.16. The molecule has 2 heterocycles. The number of hydrogen-bond donors (Lipinski definition) is 1. The van der Waals surface area contributed by atoms with Crippen molar-refractivity contribution in [3.05, 3.63) is 46.5 Å². The van der Waals surface area contributed by atoms with E-state index in [9.17, 15) is 9.90 Å². The first-order chi connectivity index (χ1) is 13.2. The van der Waals surface area contributed by atoms with Crippen molar-refractivity contribution in [2.45, 2.75) is 32.9 Å². The van der Waals surface area contributed by atoms with E-state index in [2.05, 4.69) is 16.9 Å². The molecule has 0 aliphatic carbocycles. The van der Waals surface area contributed by atoms with Crippen molar-refractivity contribution in [1.82, 2.24) is 19.1 Å². The number of fused-ring (bicyclic) bond motifs is 1. The highest BCUT2D eigenvalue weighted by Crippen LogP contribution is 2.17. The van der Waals surface area contributed by atoms with Crippen LogP contribution in [0.5, 0.6) is 11.8 Å². The van der Waals surface area contributed by atoms with Crippen LogP contribution in [0.1, 0.15) is 25.3 Å². The summed E-state index contributed by atoms with van der Waals surface area (Å²) >= 11 is 0. The topological polar surface area (TPSA) is 91.4 Å². The molecule has 0 saturated carbocycles. The van der Waals surface area contributed by atoms with Crippen LogP contribution in [-0.4, -0.2) is 44.5 Å². The predicted molar refractivity (Wildman–Crippen MR) is 101 cm³/mol. The summed E-state index contributed by atoms with van der Waals surface area (Å²) in [6.45, 7) is 3.00. The molecule has 8 nitrogen and oxygen atoms in total. The Labute approximate surface area is 157 Å². The zero-order chi connectivity index (χ0) is 19.2. The van der Waals surface area contributed by atoms with Crippen molar-refractivity contribution in [3.8, 4) is 11.8 Å². The van der Waals surface area contributed by atoms with E-state index >= 15 is 0 Å². The summed E-state index contributed by atoms with van der Waals surface area (Å²) in [7, 11) is 1.61. The molecule has 0 unspecified atom stereocenters. The molecule has 0 amide bonds. The highest BCUT2D eigenvalue weighted by Gasteiger charge is 2.16. The molecule has 0 saturated heterocycles. The Balaban J connectivity index is 2.00. The van der Waals surface area contributed by atoms with E-state index in [0.717, 1.165) is 24.2 Å². The summed E-state index contributed by atoms with van der Waals surface area (Å²) in [6, 6.07) is 7.75. The van der Waals surface area contributed by atoms with Crippen LogP contribution >= 0.6 is 0 Å². The Morgan fingerprint density at radius 2 is 1.96 bits per heavy atom. The molecule has 8 heteroatoms.